The Kier molecular flexibility index (Phi) is 23.2. The Hall–Kier alpha value is 2.87. The minimum absolute atomic E-state index is 0.0990. The number of rotatable bonds is 6. The van der Waals surface area contributed by atoms with Crippen molar-refractivity contribution in [1.29, 1.82) is 0 Å². The molecule has 0 unspecified atom stereocenters. The fourth-order valence-corrected chi connectivity index (χ4v) is 18.3. The third kappa shape index (κ3) is 46.9. The molecule has 1 heterocycles. The minimum atomic E-state index is -0.989. The van der Waals surface area contributed by atoms with Gasteiger partial charge in [-0.15, -0.1) is 0 Å². The first-order valence-electron chi connectivity index (χ1n) is 9.79. The van der Waals surface area contributed by atoms with Gasteiger partial charge in [0, 0.05) is 13.2 Å². The van der Waals surface area contributed by atoms with Crippen molar-refractivity contribution in [3.63, 3.8) is 0 Å². The molecule has 0 bridgehead atoms. The van der Waals surface area contributed by atoms with Crippen molar-refractivity contribution in [2.24, 2.45) is 0 Å². The van der Waals surface area contributed by atoms with E-state index in [0.717, 1.165) is 13.2 Å². The van der Waals surface area contributed by atoms with Crippen molar-refractivity contribution in [2.75, 3.05) is 13.2 Å². The molecule has 174 valence electrons. The van der Waals surface area contributed by atoms with Crippen molar-refractivity contribution in [1.82, 2.24) is 11.1 Å². The van der Waals surface area contributed by atoms with Gasteiger partial charge in [-0.05, 0) is 12.8 Å². The molecule has 0 radical (unpaired) electrons. The Morgan fingerprint density at radius 2 is 0.893 bits per heavy atom. The number of hydrogen-bond donors (Lipinski definition) is 3. The molecule has 12 heteroatoms. The van der Waals surface area contributed by atoms with E-state index in [1.807, 2.05) is 0 Å². The molecular weight excluding hydrogens is 689 g/mol. The molecule has 0 aromatic heterocycles. The molecule has 0 atom stereocenters. The number of ether oxygens (including phenoxy) is 1. The second kappa shape index (κ2) is 18.3. The van der Waals surface area contributed by atoms with Crippen molar-refractivity contribution < 1.29 is 4.74 Å². The molecule has 0 amide bonds. The summed E-state index contributed by atoms with van der Waals surface area (Å²) in [5.41, 5.74) is 0. The number of hydrogen-bond acceptors (Lipinski definition) is 4. The second-order valence-electron chi connectivity index (χ2n) is 10.8. The van der Waals surface area contributed by atoms with Gasteiger partial charge in [0.1, 0.15) is 16.5 Å². The van der Waals surface area contributed by atoms with E-state index in [1.165, 1.54) is 12.8 Å². The molecule has 1 aliphatic rings. The Bertz CT molecular complexity index is 324. The molecule has 0 aromatic carbocycles. The van der Waals surface area contributed by atoms with Gasteiger partial charge in [-0.3, -0.25) is 0 Å². The molecular formula is C16H47Cl2N3OSi4Te2. The predicted molar refractivity (Wildman–Crippen MR) is 146 cm³/mol. The Morgan fingerprint density at radius 1 is 0.607 bits per heavy atom. The van der Waals surface area contributed by atoms with E-state index in [1.54, 1.807) is 0 Å². The summed E-state index contributed by atoms with van der Waals surface area (Å²) in [5, 5.41) is 0. The average Bonchev–Trinajstić information content (AvgIpc) is 2.90. The van der Waals surface area contributed by atoms with Crippen LogP contribution in [0.15, 0.2) is 0 Å². The van der Waals surface area contributed by atoms with E-state index < -0.39 is 51.6 Å². The van der Waals surface area contributed by atoms with E-state index in [2.05, 4.69) is 89.7 Å². The Balaban J connectivity index is -0.000000327. The number of halogens is 2. The van der Waals surface area contributed by atoms with Crippen molar-refractivity contribution in [3.8, 4) is 0 Å². The van der Waals surface area contributed by atoms with Gasteiger partial charge in [0.25, 0.3) is 0 Å². The van der Waals surface area contributed by atoms with Crippen LogP contribution in [-0.4, -0.2) is 86.3 Å². The van der Waals surface area contributed by atoms with E-state index in [4.69, 9.17) is 22.7 Å². The van der Waals surface area contributed by atoms with E-state index >= 15 is 0 Å². The van der Waals surface area contributed by atoms with Crippen LogP contribution in [0.5, 0.6) is 0 Å². The summed E-state index contributed by atoms with van der Waals surface area (Å²) >= 11 is -0.685. The maximum absolute atomic E-state index is 4.94. The average molecular weight is 736 g/mol. The SMILES string of the molecule is C1CCOC1.C[Si](C)(C)N[Si](C)(C)C.C[Si](C)(C)N[Te]N[Si](C)(C)C.Cl[Te]Cl. The summed E-state index contributed by atoms with van der Waals surface area (Å²) in [6.07, 6.45) is 2.56. The Labute approximate surface area is 209 Å². The number of nitrogens with one attached hydrogen (secondary N) is 3. The first kappa shape index (κ1) is 35.5. The van der Waals surface area contributed by atoms with E-state index in [0.29, 0.717) is 0 Å². The quantitative estimate of drug-likeness (QED) is 0.320. The molecule has 0 aromatic rings. The van der Waals surface area contributed by atoms with Gasteiger partial charge in [-0.2, -0.15) is 0 Å². The maximum atomic E-state index is 4.94. The van der Waals surface area contributed by atoms with Crippen LogP contribution in [0.25, 0.3) is 0 Å². The summed E-state index contributed by atoms with van der Waals surface area (Å²) in [6.45, 7) is 30.2. The molecule has 1 rings (SSSR count). The molecule has 1 saturated heterocycles. The van der Waals surface area contributed by atoms with Crippen LogP contribution in [0, 0.1) is 0 Å². The van der Waals surface area contributed by atoms with Gasteiger partial charge in [0.05, 0.1) is 0 Å². The molecule has 4 nitrogen and oxygen atoms in total. The van der Waals surface area contributed by atoms with Crippen LogP contribution < -0.4 is 11.1 Å². The van der Waals surface area contributed by atoms with Gasteiger partial charge in [0.15, 0.2) is 0 Å². The van der Waals surface area contributed by atoms with Gasteiger partial charge in [-0.25, -0.2) is 0 Å². The normalized spacial score (nSPS) is 14.8. The third-order valence-corrected chi connectivity index (χ3v) is 22.0. The summed E-state index contributed by atoms with van der Waals surface area (Å²) < 4.78 is 16.0. The van der Waals surface area contributed by atoms with Crippen LogP contribution in [0.2, 0.25) is 78.6 Å². The van der Waals surface area contributed by atoms with Gasteiger partial charge < -0.3 is 9.38 Å². The molecule has 28 heavy (non-hydrogen) atoms. The molecule has 1 aliphatic heterocycles. The summed E-state index contributed by atoms with van der Waals surface area (Å²) in [5.74, 6) is 0. The van der Waals surface area contributed by atoms with Crippen LogP contribution in [-0.2, 0) is 4.74 Å². The van der Waals surface area contributed by atoms with Crippen molar-refractivity contribution >= 4 is 91.0 Å². The standard InChI is InChI=1S/C6H20N2Si2Te.C6H19NSi2.C4H8O.Cl2Te/c1-9(2,3)7-11-8-10(4,5)6;1-8(2,3)7-9(4,5)6;1-2-4-5-3-1;1-3-2/h7-8H,1-6H3;7H,1-6H3;1-4H2;. The third-order valence-electron chi connectivity index (χ3n) is 2.29. The first-order valence-corrected chi connectivity index (χ1v) is 32.0. The predicted octanol–water partition coefficient (Wildman–Crippen LogP) is 5.41. The van der Waals surface area contributed by atoms with Gasteiger partial charge >= 0.3 is 120 Å². The topological polar surface area (TPSA) is 45.3 Å². The van der Waals surface area contributed by atoms with E-state index in [9.17, 15) is 0 Å². The van der Waals surface area contributed by atoms with Gasteiger partial charge in [0.2, 0.25) is 0 Å². The van der Waals surface area contributed by atoms with Crippen LogP contribution in [0.3, 0.4) is 0 Å². The van der Waals surface area contributed by atoms with Crippen LogP contribution in [0.4, 0.5) is 0 Å². The fraction of sp³-hybridized carbons (Fsp3) is 1.00. The zero-order valence-corrected chi connectivity index (χ0v) is 30.5. The zero-order valence-electron chi connectivity index (χ0n) is 20.3. The second-order valence-corrected chi connectivity index (χ2v) is 37.8. The first-order chi connectivity index (χ1) is 12.3. The van der Waals surface area contributed by atoms with E-state index in [-0.39, 0.29) is 21.5 Å². The summed E-state index contributed by atoms with van der Waals surface area (Å²) in [4.78, 5) is 0. The summed E-state index contributed by atoms with van der Waals surface area (Å²) in [7, 11) is 5.85. The van der Waals surface area contributed by atoms with Crippen LogP contribution >= 0.6 is 17.9 Å². The Morgan fingerprint density at radius 3 is 1.00 bits per heavy atom. The molecule has 0 spiro atoms. The fourth-order valence-electron chi connectivity index (χ4n) is 1.97. The van der Waals surface area contributed by atoms with Crippen molar-refractivity contribution in [2.45, 2.75) is 91.4 Å². The van der Waals surface area contributed by atoms with Gasteiger partial charge in [-0.1, -0.05) is 39.3 Å². The molecule has 3 N–H and O–H groups in total. The van der Waals surface area contributed by atoms with Crippen LogP contribution in [0.1, 0.15) is 12.8 Å². The molecule has 1 fully saturated rings. The zero-order chi connectivity index (χ0) is 23.1. The monoisotopic (exact) mass is 739 g/mol. The molecule has 0 aliphatic carbocycles. The summed E-state index contributed by atoms with van der Waals surface area (Å²) in [6, 6.07) is 0. The van der Waals surface area contributed by atoms with Crippen molar-refractivity contribution in [3.05, 3.63) is 0 Å². The molecule has 0 saturated carbocycles.